The molecule has 1 unspecified atom stereocenters. The van der Waals surface area contributed by atoms with Gasteiger partial charge in [0.1, 0.15) is 11.1 Å². The summed E-state index contributed by atoms with van der Waals surface area (Å²) in [5.74, 6) is 1.51. The van der Waals surface area contributed by atoms with E-state index in [1.807, 2.05) is 65.0 Å². The lowest BCUT2D eigenvalue weighted by molar-refractivity contribution is -0.158. The second kappa shape index (κ2) is 9.77. The summed E-state index contributed by atoms with van der Waals surface area (Å²) >= 11 is 2.73. The van der Waals surface area contributed by atoms with Gasteiger partial charge in [0.2, 0.25) is 11.0 Å². The fourth-order valence-corrected chi connectivity index (χ4v) is 5.30. The van der Waals surface area contributed by atoms with Crippen LogP contribution in [0.4, 0.5) is 10.9 Å². The van der Waals surface area contributed by atoms with Gasteiger partial charge in [-0.3, -0.25) is 0 Å². The minimum atomic E-state index is -0.709. The highest BCUT2D eigenvalue weighted by atomic mass is 32.2. The lowest BCUT2D eigenvalue weighted by Crippen LogP contribution is -2.28. The van der Waals surface area contributed by atoms with E-state index in [0.29, 0.717) is 34.9 Å². The molecule has 0 spiro atoms. The second-order valence-electron chi connectivity index (χ2n) is 9.06. The van der Waals surface area contributed by atoms with Gasteiger partial charge in [0.05, 0.1) is 11.8 Å². The van der Waals surface area contributed by atoms with Gasteiger partial charge < -0.3 is 19.5 Å². The summed E-state index contributed by atoms with van der Waals surface area (Å²) in [6, 6.07) is 9.52. The zero-order valence-electron chi connectivity index (χ0n) is 20.6. The maximum atomic E-state index is 6.24. The van der Waals surface area contributed by atoms with Crippen LogP contribution in [0.2, 0.25) is 0 Å². The fourth-order valence-electron chi connectivity index (χ4n) is 3.93. The molecule has 1 fully saturated rings. The molecular weight excluding hydrogens is 498 g/mol. The molecular formula is C24H27N7O3S2. The topological polar surface area (TPSA) is 109 Å². The summed E-state index contributed by atoms with van der Waals surface area (Å²) < 4.78 is 24.6. The van der Waals surface area contributed by atoms with E-state index in [2.05, 4.69) is 29.7 Å². The molecule has 12 heteroatoms. The summed E-state index contributed by atoms with van der Waals surface area (Å²) in [4.78, 5) is 14.6. The van der Waals surface area contributed by atoms with Gasteiger partial charge >= 0.3 is 0 Å². The first-order valence-electron chi connectivity index (χ1n) is 11.5. The molecule has 1 N–H and O–H groups in total. The van der Waals surface area contributed by atoms with Crippen molar-refractivity contribution >= 4 is 34.2 Å². The Balaban J connectivity index is 1.42. The van der Waals surface area contributed by atoms with Gasteiger partial charge in [-0.05, 0) is 46.8 Å². The van der Waals surface area contributed by atoms with Crippen LogP contribution in [0.1, 0.15) is 46.5 Å². The van der Waals surface area contributed by atoms with Crippen LogP contribution < -0.4 is 10.1 Å². The molecule has 188 valence electrons. The lowest BCUT2D eigenvalue weighted by atomic mass is 10.0. The number of nitrogens with zero attached hydrogens (tertiary/aromatic N) is 6. The number of hydrogen-bond acceptors (Lipinski definition) is 11. The van der Waals surface area contributed by atoms with Crippen molar-refractivity contribution in [3.05, 3.63) is 54.7 Å². The first-order valence-corrected chi connectivity index (χ1v) is 13.1. The Morgan fingerprint density at radius 3 is 2.75 bits per heavy atom. The molecule has 10 nitrogen and oxygen atoms in total. The van der Waals surface area contributed by atoms with Crippen LogP contribution in [0.3, 0.4) is 0 Å². The third-order valence-corrected chi connectivity index (χ3v) is 6.88. The number of ether oxygens (including phenoxy) is 3. The van der Waals surface area contributed by atoms with E-state index < -0.39 is 11.4 Å². The molecule has 4 aromatic heterocycles. The molecule has 5 rings (SSSR count). The van der Waals surface area contributed by atoms with E-state index in [9.17, 15) is 0 Å². The van der Waals surface area contributed by atoms with E-state index in [-0.39, 0.29) is 6.10 Å². The number of rotatable bonds is 8. The number of pyridine rings is 2. The van der Waals surface area contributed by atoms with Gasteiger partial charge in [-0.1, -0.05) is 17.8 Å². The highest BCUT2D eigenvalue weighted by molar-refractivity contribution is 7.99. The van der Waals surface area contributed by atoms with E-state index in [4.69, 9.17) is 14.2 Å². The summed E-state index contributed by atoms with van der Waals surface area (Å²) in [7, 11) is 0. The van der Waals surface area contributed by atoms with Crippen LogP contribution in [0, 0.1) is 0 Å². The highest BCUT2D eigenvalue weighted by Gasteiger charge is 2.49. The zero-order chi connectivity index (χ0) is 25.3. The fraction of sp³-hybridized carbons (Fsp3) is 0.375. The van der Waals surface area contributed by atoms with Gasteiger partial charge in [-0.25, -0.2) is 19.6 Å². The lowest BCUT2D eigenvalue weighted by Gasteiger charge is -2.22. The Labute approximate surface area is 217 Å². The largest absolute Gasteiger partial charge is 0.435 e. The van der Waals surface area contributed by atoms with Crippen molar-refractivity contribution in [3.63, 3.8) is 0 Å². The first-order chi connectivity index (χ1) is 17.2. The second-order valence-corrected chi connectivity index (χ2v) is 10.9. The van der Waals surface area contributed by atoms with Crippen molar-refractivity contribution < 1.29 is 14.2 Å². The Hall–Kier alpha value is -3.06. The molecule has 0 radical (unpaired) electrons. The van der Waals surface area contributed by atoms with Crippen molar-refractivity contribution in [2.75, 3.05) is 5.32 Å². The van der Waals surface area contributed by atoms with E-state index in [0.717, 1.165) is 9.92 Å². The predicted octanol–water partition coefficient (Wildman–Crippen LogP) is 5.83. The van der Waals surface area contributed by atoms with Gasteiger partial charge in [0.25, 0.3) is 0 Å². The maximum Gasteiger partial charge on any atom is 0.217 e. The van der Waals surface area contributed by atoms with Crippen molar-refractivity contribution in [2.45, 2.75) is 68.6 Å². The van der Waals surface area contributed by atoms with E-state index in [1.54, 1.807) is 23.3 Å². The van der Waals surface area contributed by atoms with E-state index in [1.165, 1.54) is 23.3 Å². The van der Waals surface area contributed by atoms with Crippen LogP contribution in [-0.2, 0) is 16.0 Å². The van der Waals surface area contributed by atoms with E-state index >= 15 is 0 Å². The Bertz CT molecular complexity index is 1340. The van der Waals surface area contributed by atoms with Crippen molar-refractivity contribution in [2.24, 2.45) is 0 Å². The average Bonchev–Trinajstić information content (AvgIpc) is 3.53. The van der Waals surface area contributed by atoms with Gasteiger partial charge in [0.15, 0.2) is 23.2 Å². The monoisotopic (exact) mass is 525 g/mol. The number of nitrogens with one attached hydrogen (secondary N) is 1. The number of aromatic nitrogens is 6. The smallest absolute Gasteiger partial charge is 0.217 e. The summed E-state index contributed by atoms with van der Waals surface area (Å²) in [5, 5.41) is 8.99. The van der Waals surface area contributed by atoms with Crippen molar-refractivity contribution in [1.29, 1.82) is 0 Å². The molecule has 36 heavy (non-hydrogen) atoms. The van der Waals surface area contributed by atoms with Crippen LogP contribution >= 0.6 is 23.3 Å². The number of hydrogen-bond donors (Lipinski definition) is 1. The van der Waals surface area contributed by atoms with Crippen LogP contribution in [-0.4, -0.2) is 40.5 Å². The van der Waals surface area contributed by atoms with Crippen molar-refractivity contribution in [1.82, 2.24) is 29.1 Å². The molecule has 0 amide bonds. The molecule has 1 atom stereocenters. The summed E-state index contributed by atoms with van der Waals surface area (Å²) in [6.45, 7) is 10.4. The minimum absolute atomic E-state index is 0.390. The maximum absolute atomic E-state index is 6.24. The zero-order valence-corrected chi connectivity index (χ0v) is 22.3. The highest BCUT2D eigenvalue weighted by Crippen LogP contribution is 2.45. The van der Waals surface area contributed by atoms with Gasteiger partial charge in [-0.15, -0.1) is 0 Å². The molecule has 1 aliphatic rings. The Kier molecular flexibility index (Phi) is 6.68. The first kappa shape index (κ1) is 24.6. The van der Waals surface area contributed by atoms with Crippen LogP contribution in [0.5, 0.6) is 11.6 Å². The van der Waals surface area contributed by atoms with Crippen molar-refractivity contribution in [3.8, 4) is 11.6 Å². The number of aryl methyl sites for hydroxylation is 1. The number of anilines is 2. The molecule has 0 bridgehead atoms. The molecule has 0 aliphatic carbocycles. The third-order valence-electron chi connectivity index (χ3n) is 5.32. The molecule has 5 heterocycles. The Morgan fingerprint density at radius 1 is 1.17 bits per heavy atom. The molecule has 1 saturated heterocycles. The third kappa shape index (κ3) is 5.36. The molecule has 4 aromatic rings. The molecule has 0 aromatic carbocycles. The van der Waals surface area contributed by atoms with Gasteiger partial charge in [0, 0.05) is 47.5 Å². The predicted molar refractivity (Wildman–Crippen MR) is 137 cm³/mol. The quantitative estimate of drug-likeness (QED) is 0.301. The SMILES string of the molecule is CCn1nccc1Oc1cc(Sc2ccccn2)cnc1Nc1nc(C2OC(C)(C)OC2(C)C)ns1. The minimum Gasteiger partial charge on any atom is -0.435 e. The summed E-state index contributed by atoms with van der Waals surface area (Å²) in [6.07, 6.45) is 4.85. The normalized spacial score (nSPS) is 18.3. The molecule has 1 aliphatic heterocycles. The molecule has 0 saturated carbocycles. The standard InChI is InChI=1S/C24H27N7O3S2/c1-6-31-18(10-12-27-31)32-16-13-15(35-17-9-7-8-11-25-17)14-26-20(16)28-22-29-21(30-36-22)19-23(2,3)34-24(4,5)33-19/h7-14,19H,6H2,1-5H3,(H,26,28,29,30). The van der Waals surface area contributed by atoms with Gasteiger partial charge in [-0.2, -0.15) is 9.47 Å². The summed E-state index contributed by atoms with van der Waals surface area (Å²) in [5.41, 5.74) is -0.558. The van der Waals surface area contributed by atoms with Crippen LogP contribution in [0.25, 0.3) is 0 Å². The average molecular weight is 526 g/mol. The van der Waals surface area contributed by atoms with Crippen LogP contribution in [0.15, 0.2) is 58.8 Å². The Morgan fingerprint density at radius 2 is 2.03 bits per heavy atom.